The Hall–Kier alpha value is -1.35. The van der Waals surface area contributed by atoms with Crippen molar-refractivity contribution in [3.05, 3.63) is 35.9 Å². The maximum absolute atomic E-state index is 11.8. The van der Waals surface area contributed by atoms with Crippen LogP contribution in [-0.2, 0) is 4.79 Å². The molecule has 0 aliphatic carbocycles. The van der Waals surface area contributed by atoms with E-state index < -0.39 is 0 Å². The predicted octanol–water partition coefficient (Wildman–Crippen LogP) is 2.50. The molecule has 2 N–H and O–H groups in total. The van der Waals surface area contributed by atoms with Crippen LogP contribution in [-0.4, -0.2) is 19.0 Å². The minimum atomic E-state index is 0.0614. The summed E-state index contributed by atoms with van der Waals surface area (Å²) in [6.45, 7) is 7.54. The van der Waals surface area contributed by atoms with Crippen LogP contribution in [0.1, 0.15) is 38.8 Å². The second kappa shape index (κ2) is 7.88. The largest absolute Gasteiger partial charge is 0.348 e. The van der Waals surface area contributed by atoms with Crippen molar-refractivity contribution in [2.45, 2.75) is 33.2 Å². The molecule has 1 unspecified atom stereocenters. The van der Waals surface area contributed by atoms with Gasteiger partial charge in [0, 0.05) is 0 Å². The Kier molecular flexibility index (Phi) is 6.44. The highest BCUT2D eigenvalue weighted by Gasteiger charge is 2.15. The third-order valence-electron chi connectivity index (χ3n) is 2.78. The summed E-state index contributed by atoms with van der Waals surface area (Å²) in [5.74, 6) is 0.612. The molecule has 3 heteroatoms. The van der Waals surface area contributed by atoms with Crippen molar-refractivity contribution in [2.75, 3.05) is 13.1 Å². The third-order valence-corrected chi connectivity index (χ3v) is 2.78. The molecule has 0 heterocycles. The van der Waals surface area contributed by atoms with Crippen molar-refractivity contribution in [3.63, 3.8) is 0 Å². The van der Waals surface area contributed by atoms with Gasteiger partial charge >= 0.3 is 0 Å². The normalized spacial score (nSPS) is 12.4. The number of benzene rings is 1. The molecule has 0 saturated carbocycles. The summed E-state index contributed by atoms with van der Waals surface area (Å²) in [5, 5.41) is 6.14. The predicted molar refractivity (Wildman–Crippen MR) is 75.3 cm³/mol. The molecular weight excluding hydrogens is 224 g/mol. The average molecular weight is 248 g/mol. The lowest BCUT2D eigenvalue weighted by atomic mass is 9.97. The smallest absolute Gasteiger partial charge is 0.234 e. The SMILES string of the molecule is CCNCC(=O)NC(CC(C)C)c1ccccc1. The highest BCUT2D eigenvalue weighted by molar-refractivity contribution is 5.78. The molecule has 100 valence electrons. The molecule has 0 aliphatic rings. The van der Waals surface area contributed by atoms with Crippen LogP contribution in [0.2, 0.25) is 0 Å². The van der Waals surface area contributed by atoms with Gasteiger partial charge in [0.2, 0.25) is 5.91 Å². The van der Waals surface area contributed by atoms with E-state index in [1.54, 1.807) is 0 Å². The molecule has 1 rings (SSSR count). The Morgan fingerprint density at radius 2 is 1.89 bits per heavy atom. The Bertz CT molecular complexity index is 349. The van der Waals surface area contributed by atoms with Gasteiger partial charge in [-0.25, -0.2) is 0 Å². The maximum Gasteiger partial charge on any atom is 0.234 e. The Morgan fingerprint density at radius 1 is 1.22 bits per heavy atom. The number of amides is 1. The number of hydrogen-bond acceptors (Lipinski definition) is 2. The zero-order valence-electron chi connectivity index (χ0n) is 11.6. The van der Waals surface area contributed by atoms with Crippen molar-refractivity contribution >= 4 is 5.91 Å². The van der Waals surface area contributed by atoms with Crippen LogP contribution < -0.4 is 10.6 Å². The topological polar surface area (TPSA) is 41.1 Å². The lowest BCUT2D eigenvalue weighted by Crippen LogP contribution is -2.36. The van der Waals surface area contributed by atoms with Gasteiger partial charge in [-0.3, -0.25) is 4.79 Å². The second-order valence-electron chi connectivity index (χ2n) is 4.94. The van der Waals surface area contributed by atoms with Crippen molar-refractivity contribution in [1.29, 1.82) is 0 Å². The van der Waals surface area contributed by atoms with Crippen LogP contribution >= 0.6 is 0 Å². The molecule has 0 spiro atoms. The maximum atomic E-state index is 11.8. The van der Waals surface area contributed by atoms with E-state index in [4.69, 9.17) is 0 Å². The number of carbonyl (C=O) groups is 1. The molecule has 1 aromatic carbocycles. The zero-order valence-corrected chi connectivity index (χ0v) is 11.6. The lowest BCUT2D eigenvalue weighted by Gasteiger charge is -2.21. The molecule has 0 aliphatic heterocycles. The van der Waals surface area contributed by atoms with E-state index in [0.29, 0.717) is 12.5 Å². The minimum absolute atomic E-state index is 0.0614. The van der Waals surface area contributed by atoms with Gasteiger partial charge in [0.05, 0.1) is 12.6 Å². The average Bonchev–Trinajstić information content (AvgIpc) is 2.36. The first kappa shape index (κ1) is 14.7. The highest BCUT2D eigenvalue weighted by atomic mass is 16.1. The van der Waals surface area contributed by atoms with Crippen LogP contribution in [0.5, 0.6) is 0 Å². The van der Waals surface area contributed by atoms with Crippen LogP contribution in [0.3, 0.4) is 0 Å². The summed E-state index contributed by atoms with van der Waals surface area (Å²) < 4.78 is 0. The Morgan fingerprint density at radius 3 is 2.44 bits per heavy atom. The molecule has 1 aromatic rings. The zero-order chi connectivity index (χ0) is 13.4. The highest BCUT2D eigenvalue weighted by Crippen LogP contribution is 2.20. The molecular formula is C15H24N2O. The molecule has 1 atom stereocenters. The van der Waals surface area contributed by atoms with Crippen LogP contribution in [0.15, 0.2) is 30.3 Å². The van der Waals surface area contributed by atoms with E-state index in [-0.39, 0.29) is 11.9 Å². The summed E-state index contributed by atoms with van der Waals surface area (Å²) in [6, 6.07) is 10.3. The Labute approximate surface area is 110 Å². The van der Waals surface area contributed by atoms with Gasteiger partial charge in [-0.15, -0.1) is 0 Å². The van der Waals surface area contributed by atoms with Crippen LogP contribution in [0.4, 0.5) is 0 Å². The molecule has 0 saturated heterocycles. The molecule has 3 nitrogen and oxygen atoms in total. The molecule has 0 aromatic heterocycles. The van der Waals surface area contributed by atoms with E-state index in [1.165, 1.54) is 5.56 Å². The number of carbonyl (C=O) groups excluding carboxylic acids is 1. The molecule has 0 fully saturated rings. The molecule has 18 heavy (non-hydrogen) atoms. The summed E-state index contributed by atoms with van der Waals surface area (Å²) in [7, 11) is 0. The molecule has 1 amide bonds. The van der Waals surface area contributed by atoms with Gasteiger partial charge in [0.15, 0.2) is 0 Å². The van der Waals surface area contributed by atoms with Crippen molar-refractivity contribution in [1.82, 2.24) is 10.6 Å². The van der Waals surface area contributed by atoms with E-state index in [1.807, 2.05) is 25.1 Å². The van der Waals surface area contributed by atoms with E-state index in [0.717, 1.165) is 13.0 Å². The van der Waals surface area contributed by atoms with Gasteiger partial charge in [-0.05, 0) is 24.4 Å². The first-order chi connectivity index (χ1) is 8.63. The van der Waals surface area contributed by atoms with Gasteiger partial charge in [0.1, 0.15) is 0 Å². The summed E-state index contributed by atoms with van der Waals surface area (Å²) in [5.41, 5.74) is 1.18. The summed E-state index contributed by atoms with van der Waals surface area (Å²) >= 11 is 0. The molecule has 0 bridgehead atoms. The van der Waals surface area contributed by atoms with E-state index in [9.17, 15) is 4.79 Å². The fraction of sp³-hybridized carbons (Fsp3) is 0.533. The number of rotatable bonds is 7. The third kappa shape index (κ3) is 5.32. The summed E-state index contributed by atoms with van der Waals surface area (Å²) in [6.07, 6.45) is 0.960. The minimum Gasteiger partial charge on any atom is -0.348 e. The fourth-order valence-electron chi connectivity index (χ4n) is 1.92. The summed E-state index contributed by atoms with van der Waals surface area (Å²) in [4.78, 5) is 11.8. The van der Waals surface area contributed by atoms with Gasteiger partial charge in [0.25, 0.3) is 0 Å². The number of likely N-dealkylation sites (N-methyl/N-ethyl adjacent to an activating group) is 1. The monoisotopic (exact) mass is 248 g/mol. The molecule has 0 radical (unpaired) electrons. The van der Waals surface area contributed by atoms with Crippen LogP contribution in [0, 0.1) is 5.92 Å². The number of hydrogen-bond donors (Lipinski definition) is 2. The number of nitrogens with one attached hydrogen (secondary N) is 2. The lowest BCUT2D eigenvalue weighted by molar-refractivity contribution is -0.121. The van der Waals surface area contributed by atoms with Crippen LogP contribution in [0.25, 0.3) is 0 Å². The van der Waals surface area contributed by atoms with Crippen molar-refractivity contribution in [3.8, 4) is 0 Å². The standard InChI is InChI=1S/C15H24N2O/c1-4-16-11-15(18)17-14(10-12(2)3)13-8-6-5-7-9-13/h5-9,12,14,16H,4,10-11H2,1-3H3,(H,17,18). The Balaban J connectivity index is 2.64. The first-order valence-corrected chi connectivity index (χ1v) is 6.68. The fourth-order valence-corrected chi connectivity index (χ4v) is 1.92. The van der Waals surface area contributed by atoms with Gasteiger partial charge < -0.3 is 10.6 Å². The van der Waals surface area contributed by atoms with Gasteiger partial charge in [-0.2, -0.15) is 0 Å². The first-order valence-electron chi connectivity index (χ1n) is 6.68. The van der Waals surface area contributed by atoms with Gasteiger partial charge in [-0.1, -0.05) is 51.1 Å². The van der Waals surface area contributed by atoms with E-state index >= 15 is 0 Å². The van der Waals surface area contributed by atoms with Crippen molar-refractivity contribution < 1.29 is 4.79 Å². The van der Waals surface area contributed by atoms with E-state index in [2.05, 4.69) is 36.6 Å². The van der Waals surface area contributed by atoms with Crippen molar-refractivity contribution in [2.24, 2.45) is 5.92 Å². The second-order valence-corrected chi connectivity index (χ2v) is 4.94. The quantitative estimate of drug-likeness (QED) is 0.778.